The SMILES string of the molecule is CCN1C(=O)C2(CCN(C(=O)CCc3ccccc3)CC2)CC1C(=O)NCCOC. The van der Waals surface area contributed by atoms with E-state index in [2.05, 4.69) is 5.32 Å². The maximum Gasteiger partial charge on any atom is 0.242 e. The number of likely N-dealkylation sites (tertiary alicyclic amines) is 2. The molecule has 1 aromatic carbocycles. The lowest BCUT2D eigenvalue weighted by Gasteiger charge is -2.38. The number of nitrogens with zero attached hydrogens (tertiary/aromatic N) is 2. The highest BCUT2D eigenvalue weighted by Gasteiger charge is 2.54. The molecule has 0 bridgehead atoms. The van der Waals surface area contributed by atoms with Crippen molar-refractivity contribution >= 4 is 17.7 Å². The van der Waals surface area contributed by atoms with Crippen molar-refractivity contribution in [2.45, 2.75) is 45.1 Å². The van der Waals surface area contributed by atoms with E-state index in [0.29, 0.717) is 58.5 Å². The van der Waals surface area contributed by atoms with E-state index >= 15 is 0 Å². The van der Waals surface area contributed by atoms with Crippen LogP contribution in [0.1, 0.15) is 38.2 Å². The zero-order chi connectivity index (χ0) is 21.6. The normalized spacial score (nSPS) is 20.6. The van der Waals surface area contributed by atoms with Gasteiger partial charge in [-0.1, -0.05) is 30.3 Å². The third-order valence-electron chi connectivity index (χ3n) is 6.47. The first-order valence-corrected chi connectivity index (χ1v) is 10.9. The van der Waals surface area contributed by atoms with Gasteiger partial charge in [0.2, 0.25) is 17.7 Å². The smallest absolute Gasteiger partial charge is 0.242 e. The Morgan fingerprint density at radius 3 is 2.53 bits per heavy atom. The van der Waals surface area contributed by atoms with Gasteiger partial charge in [-0.25, -0.2) is 0 Å². The highest BCUT2D eigenvalue weighted by Crippen LogP contribution is 2.44. The second kappa shape index (κ2) is 10.1. The highest BCUT2D eigenvalue weighted by molar-refractivity contribution is 5.94. The number of carbonyl (C=O) groups excluding carboxylic acids is 3. The van der Waals surface area contributed by atoms with Gasteiger partial charge in [-0.15, -0.1) is 0 Å². The van der Waals surface area contributed by atoms with Crippen LogP contribution in [-0.4, -0.2) is 73.5 Å². The summed E-state index contributed by atoms with van der Waals surface area (Å²) in [5.41, 5.74) is 0.640. The van der Waals surface area contributed by atoms with Crippen LogP contribution in [0.3, 0.4) is 0 Å². The maximum atomic E-state index is 13.2. The lowest BCUT2D eigenvalue weighted by atomic mass is 9.76. The minimum atomic E-state index is -0.518. The van der Waals surface area contributed by atoms with E-state index in [1.807, 2.05) is 42.2 Å². The van der Waals surface area contributed by atoms with Gasteiger partial charge in [0.25, 0.3) is 0 Å². The third-order valence-corrected chi connectivity index (χ3v) is 6.47. The molecule has 0 radical (unpaired) electrons. The van der Waals surface area contributed by atoms with E-state index < -0.39 is 11.5 Å². The molecule has 164 valence electrons. The molecular weight excluding hydrogens is 382 g/mol. The summed E-state index contributed by atoms with van der Waals surface area (Å²) in [4.78, 5) is 42.0. The summed E-state index contributed by atoms with van der Waals surface area (Å²) in [6.07, 6.45) is 3.00. The average Bonchev–Trinajstić information content (AvgIpc) is 3.04. The molecule has 1 atom stereocenters. The van der Waals surface area contributed by atoms with Gasteiger partial charge in [-0.2, -0.15) is 0 Å². The molecule has 1 spiro atoms. The van der Waals surface area contributed by atoms with Gasteiger partial charge in [-0.3, -0.25) is 14.4 Å². The van der Waals surface area contributed by atoms with E-state index in [9.17, 15) is 14.4 Å². The molecule has 30 heavy (non-hydrogen) atoms. The number of likely N-dealkylation sites (N-methyl/N-ethyl adjacent to an activating group) is 1. The lowest BCUT2D eigenvalue weighted by molar-refractivity contribution is -0.143. The number of carbonyl (C=O) groups is 3. The van der Waals surface area contributed by atoms with Gasteiger partial charge in [-0.05, 0) is 38.2 Å². The van der Waals surface area contributed by atoms with Crippen LogP contribution >= 0.6 is 0 Å². The van der Waals surface area contributed by atoms with Crippen LogP contribution in [0.25, 0.3) is 0 Å². The molecule has 2 aliphatic heterocycles. The average molecular weight is 416 g/mol. The van der Waals surface area contributed by atoms with Crippen molar-refractivity contribution < 1.29 is 19.1 Å². The Balaban J connectivity index is 1.55. The molecule has 3 amide bonds. The van der Waals surface area contributed by atoms with E-state index in [1.54, 1.807) is 12.0 Å². The summed E-state index contributed by atoms with van der Waals surface area (Å²) in [5.74, 6) is 0.0918. The van der Waals surface area contributed by atoms with Crippen molar-refractivity contribution in [2.75, 3.05) is 39.9 Å². The third kappa shape index (κ3) is 4.83. The van der Waals surface area contributed by atoms with Crippen LogP contribution in [0.4, 0.5) is 0 Å². The number of rotatable bonds is 8. The Labute approximate surface area is 178 Å². The minimum Gasteiger partial charge on any atom is -0.383 e. The number of hydrogen-bond acceptors (Lipinski definition) is 4. The predicted molar refractivity (Wildman–Crippen MR) is 114 cm³/mol. The Morgan fingerprint density at radius 1 is 1.20 bits per heavy atom. The van der Waals surface area contributed by atoms with E-state index in [1.165, 1.54) is 0 Å². The van der Waals surface area contributed by atoms with Crippen molar-refractivity contribution in [1.82, 2.24) is 15.1 Å². The number of aryl methyl sites for hydroxylation is 1. The van der Waals surface area contributed by atoms with E-state index in [-0.39, 0.29) is 17.7 Å². The Hall–Kier alpha value is -2.41. The molecule has 7 heteroatoms. The number of nitrogens with one attached hydrogen (secondary N) is 1. The number of amides is 3. The minimum absolute atomic E-state index is 0.0632. The summed E-state index contributed by atoms with van der Waals surface area (Å²) >= 11 is 0. The first-order valence-electron chi connectivity index (χ1n) is 10.9. The Morgan fingerprint density at radius 2 is 1.90 bits per heavy atom. The molecular formula is C23H33N3O4. The molecule has 2 aliphatic rings. The topological polar surface area (TPSA) is 79.0 Å². The van der Waals surface area contributed by atoms with Crippen molar-refractivity contribution in [2.24, 2.45) is 5.41 Å². The zero-order valence-corrected chi connectivity index (χ0v) is 18.1. The summed E-state index contributed by atoms with van der Waals surface area (Å²) < 4.78 is 4.99. The molecule has 0 aliphatic carbocycles. The van der Waals surface area contributed by atoms with Crippen LogP contribution in [0.5, 0.6) is 0 Å². The second-order valence-electron chi connectivity index (χ2n) is 8.24. The fraction of sp³-hybridized carbons (Fsp3) is 0.609. The summed E-state index contributed by atoms with van der Waals surface area (Å²) in [6.45, 7) is 4.47. The second-order valence-corrected chi connectivity index (χ2v) is 8.24. The molecule has 1 aromatic rings. The quantitative estimate of drug-likeness (QED) is 0.655. The van der Waals surface area contributed by atoms with Crippen LogP contribution in [0, 0.1) is 5.41 Å². The predicted octanol–water partition coefficient (Wildman–Crippen LogP) is 1.61. The van der Waals surface area contributed by atoms with Crippen molar-refractivity contribution in [3.05, 3.63) is 35.9 Å². The van der Waals surface area contributed by atoms with Crippen molar-refractivity contribution in [1.29, 1.82) is 0 Å². The molecule has 3 rings (SSSR count). The monoisotopic (exact) mass is 415 g/mol. The summed E-state index contributed by atoms with van der Waals surface area (Å²) in [7, 11) is 1.59. The molecule has 0 aromatic heterocycles. The highest BCUT2D eigenvalue weighted by atomic mass is 16.5. The van der Waals surface area contributed by atoms with E-state index in [0.717, 1.165) is 12.0 Å². The molecule has 2 saturated heterocycles. The van der Waals surface area contributed by atoms with Gasteiger partial charge in [0.05, 0.1) is 12.0 Å². The standard InChI is InChI=1S/C23H33N3O4/c1-3-26-19(21(28)24-13-16-30-2)17-23(22(26)29)11-14-25(15-12-23)20(27)10-9-18-7-5-4-6-8-18/h4-8,19H,3,9-17H2,1-2H3,(H,24,28). The molecule has 0 saturated carbocycles. The fourth-order valence-electron chi connectivity index (χ4n) is 4.66. The number of ether oxygens (including phenoxy) is 1. The molecule has 1 unspecified atom stereocenters. The molecule has 7 nitrogen and oxygen atoms in total. The fourth-order valence-corrected chi connectivity index (χ4v) is 4.66. The van der Waals surface area contributed by atoms with E-state index in [4.69, 9.17) is 4.74 Å². The number of benzene rings is 1. The number of hydrogen-bond donors (Lipinski definition) is 1. The van der Waals surface area contributed by atoms with Crippen molar-refractivity contribution in [3.8, 4) is 0 Å². The summed E-state index contributed by atoms with van der Waals surface area (Å²) in [6, 6.07) is 9.58. The molecule has 2 fully saturated rings. The van der Waals surface area contributed by atoms with Gasteiger partial charge in [0.1, 0.15) is 6.04 Å². The van der Waals surface area contributed by atoms with Gasteiger partial charge >= 0.3 is 0 Å². The Bertz CT molecular complexity index is 744. The van der Waals surface area contributed by atoms with Crippen LogP contribution < -0.4 is 5.32 Å². The largest absolute Gasteiger partial charge is 0.383 e. The number of methoxy groups -OCH3 is 1. The van der Waals surface area contributed by atoms with Gasteiger partial charge in [0.15, 0.2) is 0 Å². The number of piperidine rings is 1. The van der Waals surface area contributed by atoms with Gasteiger partial charge < -0.3 is 19.9 Å². The van der Waals surface area contributed by atoms with Crippen molar-refractivity contribution in [3.63, 3.8) is 0 Å². The first-order chi connectivity index (χ1) is 14.5. The lowest BCUT2D eigenvalue weighted by Crippen LogP contribution is -2.47. The van der Waals surface area contributed by atoms with Crippen LogP contribution in [0.2, 0.25) is 0 Å². The van der Waals surface area contributed by atoms with Crippen LogP contribution in [-0.2, 0) is 25.5 Å². The Kier molecular flexibility index (Phi) is 7.48. The summed E-state index contributed by atoms with van der Waals surface area (Å²) in [5, 5.41) is 2.87. The van der Waals surface area contributed by atoms with Gasteiger partial charge in [0, 0.05) is 39.7 Å². The molecule has 1 N–H and O–H groups in total. The molecule has 2 heterocycles. The first kappa shape index (κ1) is 22.3. The maximum absolute atomic E-state index is 13.2. The zero-order valence-electron chi connectivity index (χ0n) is 18.1. The van der Waals surface area contributed by atoms with Crippen LogP contribution in [0.15, 0.2) is 30.3 Å².